The highest BCUT2D eigenvalue weighted by atomic mass is 127. The number of ether oxygens (including phenoxy) is 1. The van der Waals surface area contributed by atoms with Crippen molar-refractivity contribution in [2.45, 2.75) is 17.4 Å². The Kier molecular flexibility index (Phi) is 7.00. The topological polar surface area (TPSA) is 113 Å². The molecule has 0 spiro atoms. The lowest BCUT2D eigenvalue weighted by Gasteiger charge is -2.17. The molecule has 0 aromatic heterocycles. The summed E-state index contributed by atoms with van der Waals surface area (Å²) in [6.07, 6.45) is 0.198. The first-order valence-corrected chi connectivity index (χ1v) is 8.53. The molecule has 1 aromatic carbocycles. The quantitative estimate of drug-likeness (QED) is 0.524. The van der Waals surface area contributed by atoms with E-state index in [1.54, 1.807) is 0 Å². The average molecular weight is 429 g/mol. The molecule has 3 N–H and O–H groups in total. The van der Waals surface area contributed by atoms with Crippen molar-refractivity contribution in [2.75, 3.05) is 20.3 Å². The van der Waals surface area contributed by atoms with Crippen molar-refractivity contribution in [3.63, 3.8) is 0 Å². The summed E-state index contributed by atoms with van der Waals surface area (Å²) < 4.78 is 32.2. The second kappa shape index (κ2) is 8.03. The Morgan fingerprint density at radius 2 is 2.14 bits per heavy atom. The van der Waals surface area contributed by atoms with Crippen LogP contribution in [0.4, 0.5) is 0 Å². The van der Waals surface area contributed by atoms with E-state index in [1.165, 1.54) is 19.2 Å². The smallest absolute Gasteiger partial charge is 0.336 e. The Balaban J connectivity index is 3.07. The van der Waals surface area contributed by atoms with Gasteiger partial charge in [-0.1, -0.05) is 0 Å². The molecule has 0 aliphatic rings. The summed E-state index contributed by atoms with van der Waals surface area (Å²) in [6.45, 7) is -0.0838. The minimum Gasteiger partial charge on any atom is -0.478 e. The molecule has 0 fully saturated rings. The molecule has 0 aliphatic heterocycles. The monoisotopic (exact) mass is 429 g/mol. The first-order valence-electron chi connectivity index (χ1n) is 5.96. The number of benzene rings is 1. The zero-order valence-corrected chi connectivity index (χ0v) is 14.2. The molecule has 1 unspecified atom stereocenters. The van der Waals surface area contributed by atoms with Gasteiger partial charge in [-0.25, -0.2) is 17.9 Å². The number of halogens is 1. The molecule has 118 valence electrons. The Bertz CT molecular complexity index is 598. The number of sulfonamides is 1. The largest absolute Gasteiger partial charge is 0.478 e. The van der Waals surface area contributed by atoms with Crippen LogP contribution >= 0.6 is 22.6 Å². The number of rotatable bonds is 8. The Labute approximate surface area is 136 Å². The van der Waals surface area contributed by atoms with Gasteiger partial charge in [0.25, 0.3) is 0 Å². The summed E-state index contributed by atoms with van der Waals surface area (Å²) in [6, 6.07) is 3.28. The van der Waals surface area contributed by atoms with Crippen LogP contribution < -0.4 is 4.72 Å². The highest BCUT2D eigenvalue weighted by Crippen LogP contribution is 2.18. The van der Waals surface area contributed by atoms with Gasteiger partial charge in [0, 0.05) is 23.3 Å². The third kappa shape index (κ3) is 5.18. The molecule has 0 saturated carbocycles. The standard InChI is InChI=1S/C12H16INO6S/c1-20-7-8(4-5-15)14-21(18,19)9-2-3-11(13)10(6-9)12(16)17/h2-3,6,8,14-15H,4-5,7H2,1H3,(H,16,17). The lowest BCUT2D eigenvalue weighted by Crippen LogP contribution is -2.38. The Hall–Kier alpha value is -0.750. The number of carboxylic acids is 1. The molecule has 1 aromatic rings. The van der Waals surface area contributed by atoms with Gasteiger partial charge in [0.2, 0.25) is 10.0 Å². The summed E-state index contributed by atoms with van der Waals surface area (Å²) in [5.41, 5.74) is -0.0797. The van der Waals surface area contributed by atoms with Crippen LogP contribution in [-0.4, -0.2) is 51.0 Å². The molecule has 9 heteroatoms. The molecule has 0 bridgehead atoms. The highest BCUT2D eigenvalue weighted by molar-refractivity contribution is 14.1. The molecule has 1 rings (SSSR count). The number of hydrogen-bond acceptors (Lipinski definition) is 5. The molecule has 0 saturated heterocycles. The SMILES string of the molecule is COCC(CCO)NS(=O)(=O)c1ccc(I)c(C(=O)O)c1. The number of aliphatic hydroxyl groups is 1. The molecule has 7 nitrogen and oxygen atoms in total. The van der Waals surface area contributed by atoms with Gasteiger partial charge in [-0.3, -0.25) is 0 Å². The van der Waals surface area contributed by atoms with Crippen LogP contribution in [0.5, 0.6) is 0 Å². The zero-order chi connectivity index (χ0) is 16.0. The summed E-state index contributed by atoms with van der Waals surface area (Å²) in [7, 11) is -2.46. The number of carbonyl (C=O) groups is 1. The van der Waals surface area contributed by atoms with Crippen LogP contribution in [0.2, 0.25) is 0 Å². The van der Waals surface area contributed by atoms with Gasteiger partial charge < -0.3 is 14.9 Å². The third-order valence-electron chi connectivity index (χ3n) is 2.65. The molecule has 1 atom stereocenters. The van der Waals surface area contributed by atoms with Gasteiger partial charge in [-0.05, 0) is 47.2 Å². The normalized spacial score (nSPS) is 13.1. The van der Waals surface area contributed by atoms with Crippen molar-refractivity contribution < 1.29 is 28.2 Å². The number of aromatic carboxylic acids is 1. The van der Waals surface area contributed by atoms with E-state index in [2.05, 4.69) is 4.72 Å². The van der Waals surface area contributed by atoms with Crippen LogP contribution in [0, 0.1) is 3.57 Å². The van der Waals surface area contributed by atoms with E-state index >= 15 is 0 Å². The van der Waals surface area contributed by atoms with Gasteiger partial charge in [0.1, 0.15) is 0 Å². The zero-order valence-electron chi connectivity index (χ0n) is 11.2. The molecule has 0 amide bonds. The number of nitrogens with one attached hydrogen (secondary N) is 1. The predicted molar refractivity (Wildman–Crippen MR) is 83.8 cm³/mol. The van der Waals surface area contributed by atoms with Gasteiger partial charge >= 0.3 is 5.97 Å². The number of hydrogen-bond donors (Lipinski definition) is 3. The molecular weight excluding hydrogens is 413 g/mol. The van der Waals surface area contributed by atoms with Crippen molar-refractivity contribution in [1.82, 2.24) is 4.72 Å². The highest BCUT2D eigenvalue weighted by Gasteiger charge is 2.22. The molecule has 21 heavy (non-hydrogen) atoms. The Morgan fingerprint density at radius 3 is 2.67 bits per heavy atom. The molecule has 0 radical (unpaired) electrons. The minimum absolute atomic E-state index is 0.0797. The van der Waals surface area contributed by atoms with E-state index in [0.29, 0.717) is 3.57 Å². The second-order valence-electron chi connectivity index (χ2n) is 4.23. The fraction of sp³-hybridized carbons (Fsp3) is 0.417. The predicted octanol–water partition coefficient (Wildman–Crippen LogP) is 0.665. The van der Waals surface area contributed by atoms with E-state index in [4.69, 9.17) is 14.9 Å². The van der Waals surface area contributed by atoms with Crippen LogP contribution in [0.1, 0.15) is 16.8 Å². The van der Waals surface area contributed by atoms with E-state index in [1.807, 2.05) is 22.6 Å². The summed E-state index contributed by atoms with van der Waals surface area (Å²) in [5, 5.41) is 17.9. The van der Waals surface area contributed by atoms with Crippen LogP contribution in [0.3, 0.4) is 0 Å². The summed E-state index contributed by atoms with van der Waals surface area (Å²) in [4.78, 5) is 10.9. The van der Waals surface area contributed by atoms with Crippen LogP contribution in [0.25, 0.3) is 0 Å². The third-order valence-corrected chi connectivity index (χ3v) is 5.10. The number of carboxylic acid groups (broad SMARTS) is 1. The molecule has 0 aliphatic carbocycles. The number of methoxy groups -OCH3 is 1. The lowest BCUT2D eigenvalue weighted by molar-refractivity contribution is 0.0695. The van der Waals surface area contributed by atoms with Gasteiger partial charge in [-0.15, -0.1) is 0 Å². The average Bonchev–Trinajstić information content (AvgIpc) is 2.38. The fourth-order valence-corrected chi connectivity index (χ4v) is 3.50. The van der Waals surface area contributed by atoms with Crippen LogP contribution in [0.15, 0.2) is 23.1 Å². The van der Waals surface area contributed by atoms with Crippen molar-refractivity contribution in [3.05, 3.63) is 27.3 Å². The maximum absolute atomic E-state index is 12.2. The maximum Gasteiger partial charge on any atom is 0.336 e. The first kappa shape index (κ1) is 18.3. The second-order valence-corrected chi connectivity index (χ2v) is 7.11. The molecular formula is C12H16INO6S. The fourth-order valence-electron chi connectivity index (χ4n) is 1.66. The lowest BCUT2D eigenvalue weighted by atomic mass is 10.2. The first-order chi connectivity index (χ1) is 9.81. The van der Waals surface area contributed by atoms with E-state index in [9.17, 15) is 13.2 Å². The van der Waals surface area contributed by atoms with Crippen molar-refractivity contribution >= 4 is 38.6 Å². The maximum atomic E-state index is 12.2. The number of aliphatic hydroxyl groups excluding tert-OH is 1. The summed E-state index contributed by atoms with van der Waals surface area (Å²) in [5.74, 6) is -1.19. The van der Waals surface area contributed by atoms with Crippen LogP contribution in [-0.2, 0) is 14.8 Å². The van der Waals surface area contributed by atoms with Crippen molar-refractivity contribution in [2.24, 2.45) is 0 Å². The van der Waals surface area contributed by atoms with Gasteiger partial charge in [0.15, 0.2) is 0 Å². The molecule has 0 heterocycles. The van der Waals surface area contributed by atoms with Crippen molar-refractivity contribution in [3.8, 4) is 0 Å². The van der Waals surface area contributed by atoms with Crippen molar-refractivity contribution in [1.29, 1.82) is 0 Å². The minimum atomic E-state index is -3.88. The van der Waals surface area contributed by atoms with E-state index < -0.39 is 22.0 Å². The van der Waals surface area contributed by atoms with Gasteiger partial charge in [0.05, 0.1) is 17.1 Å². The Morgan fingerprint density at radius 1 is 1.48 bits per heavy atom. The van der Waals surface area contributed by atoms with Gasteiger partial charge in [-0.2, -0.15) is 0 Å². The van der Waals surface area contributed by atoms with E-state index in [-0.39, 0.29) is 30.1 Å². The van der Waals surface area contributed by atoms with E-state index in [0.717, 1.165) is 6.07 Å². The summed E-state index contributed by atoms with van der Waals surface area (Å²) >= 11 is 1.82.